The Labute approximate surface area is 182 Å². The molecule has 1 unspecified atom stereocenters. The Balaban J connectivity index is 1.45. The summed E-state index contributed by atoms with van der Waals surface area (Å²) in [5.41, 5.74) is 6.14. The Hall–Kier alpha value is -3.30. The summed E-state index contributed by atoms with van der Waals surface area (Å²) in [6, 6.07) is 8.49. The number of aryl methyl sites for hydroxylation is 1. The summed E-state index contributed by atoms with van der Waals surface area (Å²) in [4.78, 5) is 18.8. The summed E-state index contributed by atoms with van der Waals surface area (Å²) < 4.78 is 46.5. The number of hydrogen-bond acceptors (Lipinski definition) is 5. The summed E-state index contributed by atoms with van der Waals surface area (Å²) in [5.74, 6) is 0.0930. The van der Waals surface area contributed by atoms with Crippen molar-refractivity contribution in [2.45, 2.75) is 44.9 Å². The van der Waals surface area contributed by atoms with Crippen LogP contribution >= 0.6 is 0 Å². The first kappa shape index (κ1) is 21.9. The van der Waals surface area contributed by atoms with Gasteiger partial charge >= 0.3 is 6.18 Å². The fourth-order valence-corrected chi connectivity index (χ4v) is 4.02. The fraction of sp³-hybridized carbons (Fsp3) is 0.409. The van der Waals surface area contributed by atoms with E-state index < -0.39 is 17.8 Å². The molecule has 32 heavy (non-hydrogen) atoms. The number of nitrogens with zero attached hydrogens (tertiary/aromatic N) is 3. The first-order chi connectivity index (χ1) is 15.1. The van der Waals surface area contributed by atoms with Gasteiger partial charge < -0.3 is 15.4 Å². The van der Waals surface area contributed by atoms with Crippen molar-refractivity contribution in [2.75, 3.05) is 18.8 Å². The molecule has 10 heteroatoms. The molecule has 3 heterocycles. The Morgan fingerprint density at radius 3 is 2.53 bits per heavy atom. The number of H-pyrrole nitrogens is 1. The van der Waals surface area contributed by atoms with Crippen LogP contribution in [-0.4, -0.2) is 45.2 Å². The monoisotopic (exact) mass is 447 g/mol. The van der Waals surface area contributed by atoms with Gasteiger partial charge in [0.05, 0.1) is 10.9 Å². The van der Waals surface area contributed by atoms with Crippen molar-refractivity contribution in [3.63, 3.8) is 0 Å². The number of rotatable bonds is 4. The van der Waals surface area contributed by atoms with Gasteiger partial charge in [-0.3, -0.25) is 9.89 Å². The number of hydrogen-bond donors (Lipinski definition) is 2. The molecule has 0 saturated carbocycles. The predicted octanol–water partition coefficient (Wildman–Crippen LogP) is 4.04. The summed E-state index contributed by atoms with van der Waals surface area (Å²) in [6.45, 7) is 4.49. The molecular formula is C22H24F3N5O2. The Bertz CT molecular complexity index is 1120. The van der Waals surface area contributed by atoms with Crippen molar-refractivity contribution in [1.82, 2.24) is 20.1 Å². The molecule has 3 aromatic rings. The third-order valence-electron chi connectivity index (χ3n) is 5.78. The molecule has 7 nitrogen and oxygen atoms in total. The Morgan fingerprint density at radius 1 is 1.25 bits per heavy atom. The standard InChI is InChI=1S/C22H24F3N5O2/c1-12-3-5-15(6-4-12)32-13(2)21(31)30-9-7-14(8-10-30)17-11-16(22(23,24)25)18-19(26)28-29-20(18)27-17/h3-6,11,13-14H,7-10H2,1-2H3,(H3,26,27,28,29). The van der Waals surface area contributed by atoms with Crippen molar-refractivity contribution in [3.05, 3.63) is 47.2 Å². The van der Waals surface area contributed by atoms with Crippen LogP contribution in [0.3, 0.4) is 0 Å². The number of amides is 1. The van der Waals surface area contributed by atoms with Gasteiger partial charge in [0.15, 0.2) is 11.8 Å². The lowest BCUT2D eigenvalue weighted by molar-refractivity contribution is -0.139. The highest BCUT2D eigenvalue weighted by atomic mass is 19.4. The van der Waals surface area contributed by atoms with E-state index >= 15 is 0 Å². The lowest BCUT2D eigenvalue weighted by Crippen LogP contribution is -2.44. The van der Waals surface area contributed by atoms with Gasteiger partial charge in [-0.05, 0) is 44.9 Å². The van der Waals surface area contributed by atoms with Gasteiger partial charge in [-0.1, -0.05) is 17.7 Å². The summed E-state index contributed by atoms with van der Waals surface area (Å²) >= 11 is 0. The molecule has 0 radical (unpaired) electrons. The number of alkyl halides is 3. The van der Waals surface area contributed by atoms with Gasteiger partial charge in [-0.2, -0.15) is 18.3 Å². The van der Waals surface area contributed by atoms with E-state index in [4.69, 9.17) is 10.5 Å². The second kappa shape index (κ2) is 8.33. The summed E-state index contributed by atoms with van der Waals surface area (Å²) in [6.07, 6.45) is -4.24. The normalized spacial score (nSPS) is 16.3. The van der Waals surface area contributed by atoms with Crippen LogP contribution in [0.25, 0.3) is 11.0 Å². The smallest absolute Gasteiger partial charge is 0.417 e. The number of pyridine rings is 1. The molecular weight excluding hydrogens is 423 g/mol. The zero-order chi connectivity index (χ0) is 23.0. The number of aromatic amines is 1. The number of nitrogens with one attached hydrogen (secondary N) is 1. The van der Waals surface area contributed by atoms with Gasteiger partial charge in [0.1, 0.15) is 11.6 Å². The first-order valence-electron chi connectivity index (χ1n) is 10.4. The number of nitrogen functional groups attached to an aromatic ring is 1. The summed E-state index contributed by atoms with van der Waals surface area (Å²) in [5, 5.41) is 5.98. The molecule has 1 aliphatic heterocycles. The zero-order valence-corrected chi connectivity index (χ0v) is 17.7. The minimum atomic E-state index is -4.58. The molecule has 0 aliphatic carbocycles. The van der Waals surface area contributed by atoms with Crippen LogP contribution in [0.2, 0.25) is 0 Å². The lowest BCUT2D eigenvalue weighted by atomic mass is 9.91. The second-order valence-corrected chi connectivity index (χ2v) is 8.10. The van der Waals surface area contributed by atoms with E-state index in [9.17, 15) is 18.0 Å². The second-order valence-electron chi connectivity index (χ2n) is 8.10. The number of carbonyl (C=O) groups is 1. The highest BCUT2D eigenvalue weighted by Crippen LogP contribution is 2.39. The third kappa shape index (κ3) is 4.35. The number of likely N-dealkylation sites (tertiary alicyclic amines) is 1. The van der Waals surface area contributed by atoms with E-state index in [1.807, 2.05) is 31.2 Å². The third-order valence-corrected chi connectivity index (χ3v) is 5.78. The average molecular weight is 447 g/mol. The van der Waals surface area contributed by atoms with Crippen LogP contribution in [0.15, 0.2) is 30.3 Å². The molecule has 2 aromatic heterocycles. The lowest BCUT2D eigenvalue weighted by Gasteiger charge is -2.33. The van der Waals surface area contributed by atoms with E-state index in [-0.39, 0.29) is 28.7 Å². The number of benzene rings is 1. The maximum absolute atomic E-state index is 13.6. The predicted molar refractivity (Wildman–Crippen MR) is 113 cm³/mol. The maximum Gasteiger partial charge on any atom is 0.417 e. The van der Waals surface area contributed by atoms with Crippen LogP contribution < -0.4 is 10.5 Å². The number of halogens is 3. The molecule has 170 valence electrons. The molecule has 1 aliphatic rings. The Morgan fingerprint density at radius 2 is 1.91 bits per heavy atom. The van der Waals surface area contributed by atoms with E-state index in [0.29, 0.717) is 37.4 Å². The van der Waals surface area contributed by atoms with Crippen LogP contribution in [0.1, 0.15) is 42.5 Å². The number of carbonyl (C=O) groups excluding carboxylic acids is 1. The van der Waals surface area contributed by atoms with E-state index in [1.165, 1.54) is 0 Å². The average Bonchev–Trinajstić information content (AvgIpc) is 3.14. The number of anilines is 1. The number of aromatic nitrogens is 3. The van der Waals surface area contributed by atoms with Gasteiger partial charge in [-0.25, -0.2) is 4.98 Å². The van der Waals surface area contributed by atoms with Crippen molar-refractivity contribution in [2.24, 2.45) is 0 Å². The molecule has 0 spiro atoms. The van der Waals surface area contributed by atoms with Crippen LogP contribution in [0.5, 0.6) is 5.75 Å². The Kier molecular flexibility index (Phi) is 5.70. The number of fused-ring (bicyclic) bond motifs is 1. The summed E-state index contributed by atoms with van der Waals surface area (Å²) in [7, 11) is 0. The van der Waals surface area contributed by atoms with Gasteiger partial charge in [0.2, 0.25) is 0 Å². The fourth-order valence-electron chi connectivity index (χ4n) is 4.02. The van der Waals surface area contributed by atoms with E-state index in [0.717, 1.165) is 11.6 Å². The maximum atomic E-state index is 13.6. The molecule has 1 saturated heterocycles. The zero-order valence-electron chi connectivity index (χ0n) is 17.7. The van der Waals surface area contributed by atoms with Crippen LogP contribution in [-0.2, 0) is 11.0 Å². The van der Waals surface area contributed by atoms with Crippen molar-refractivity contribution in [1.29, 1.82) is 0 Å². The van der Waals surface area contributed by atoms with Gasteiger partial charge in [-0.15, -0.1) is 0 Å². The molecule has 1 amide bonds. The topological polar surface area (TPSA) is 97.1 Å². The van der Waals surface area contributed by atoms with E-state index in [2.05, 4.69) is 15.2 Å². The SMILES string of the molecule is Cc1ccc(OC(C)C(=O)N2CCC(c3cc(C(F)(F)F)c4c(N)[nH]nc4n3)CC2)cc1. The van der Waals surface area contributed by atoms with Crippen LogP contribution in [0.4, 0.5) is 19.0 Å². The molecule has 4 rings (SSSR count). The molecule has 1 atom stereocenters. The minimum Gasteiger partial charge on any atom is -0.481 e. The quantitative estimate of drug-likeness (QED) is 0.629. The number of piperidine rings is 1. The van der Waals surface area contributed by atoms with Crippen molar-refractivity contribution in [3.8, 4) is 5.75 Å². The number of nitrogens with two attached hydrogens (primary N) is 1. The highest BCUT2D eigenvalue weighted by molar-refractivity contribution is 5.89. The highest BCUT2D eigenvalue weighted by Gasteiger charge is 2.36. The minimum absolute atomic E-state index is 0.0500. The largest absolute Gasteiger partial charge is 0.481 e. The van der Waals surface area contributed by atoms with Gasteiger partial charge in [0.25, 0.3) is 5.91 Å². The molecule has 0 bridgehead atoms. The number of ether oxygens (including phenoxy) is 1. The van der Waals surface area contributed by atoms with E-state index in [1.54, 1.807) is 11.8 Å². The van der Waals surface area contributed by atoms with Gasteiger partial charge in [0, 0.05) is 24.7 Å². The molecule has 3 N–H and O–H groups in total. The van der Waals surface area contributed by atoms with Crippen LogP contribution in [0, 0.1) is 6.92 Å². The molecule has 1 fully saturated rings. The molecule has 1 aromatic carbocycles. The van der Waals surface area contributed by atoms with Crippen molar-refractivity contribution >= 4 is 22.8 Å². The first-order valence-corrected chi connectivity index (χ1v) is 10.4. The van der Waals surface area contributed by atoms with Crippen molar-refractivity contribution < 1.29 is 22.7 Å².